The van der Waals surface area contributed by atoms with Crippen LogP contribution >= 0.6 is 23.4 Å². The van der Waals surface area contributed by atoms with Gasteiger partial charge in [0, 0.05) is 27.9 Å². The second-order valence-electron chi connectivity index (χ2n) is 4.83. The highest BCUT2D eigenvalue weighted by Crippen LogP contribution is 2.19. The molecule has 2 amide bonds. The number of amides is 2. The summed E-state index contributed by atoms with van der Waals surface area (Å²) in [5.74, 6) is -0.628. The van der Waals surface area contributed by atoms with Crippen molar-refractivity contribution in [1.82, 2.24) is 5.32 Å². The lowest BCUT2D eigenvalue weighted by molar-refractivity contribution is -0.136. The van der Waals surface area contributed by atoms with Crippen molar-refractivity contribution < 1.29 is 9.59 Å². The fraction of sp³-hybridized carbons (Fsp3) is 0.176. The molecule has 0 unspecified atom stereocenters. The van der Waals surface area contributed by atoms with Crippen molar-refractivity contribution in [3.8, 4) is 0 Å². The molecular weight excluding hydrogens is 332 g/mol. The molecule has 0 saturated carbocycles. The van der Waals surface area contributed by atoms with E-state index in [1.807, 2.05) is 37.3 Å². The third kappa shape index (κ3) is 5.62. The Morgan fingerprint density at radius 3 is 2.52 bits per heavy atom. The fourth-order valence-corrected chi connectivity index (χ4v) is 2.89. The first-order chi connectivity index (χ1) is 11.1. The minimum atomic E-state index is -0.680. The SMILES string of the molecule is Cc1cc(Cl)ccc1NC(=O)C(=O)NCCSc1ccccc1. The number of carbonyl (C=O) groups excluding carboxylic acids is 2. The predicted molar refractivity (Wildman–Crippen MR) is 95.0 cm³/mol. The maximum absolute atomic E-state index is 11.9. The zero-order valence-electron chi connectivity index (χ0n) is 12.6. The first-order valence-corrected chi connectivity index (χ1v) is 8.46. The second-order valence-corrected chi connectivity index (χ2v) is 6.44. The van der Waals surface area contributed by atoms with E-state index in [9.17, 15) is 9.59 Å². The number of rotatable bonds is 5. The van der Waals surface area contributed by atoms with Crippen LogP contribution in [-0.2, 0) is 9.59 Å². The summed E-state index contributed by atoms with van der Waals surface area (Å²) < 4.78 is 0. The van der Waals surface area contributed by atoms with E-state index in [0.29, 0.717) is 23.0 Å². The summed E-state index contributed by atoms with van der Waals surface area (Å²) in [4.78, 5) is 24.8. The van der Waals surface area contributed by atoms with Crippen LogP contribution in [0.1, 0.15) is 5.56 Å². The van der Waals surface area contributed by atoms with Gasteiger partial charge in [0.2, 0.25) is 0 Å². The molecule has 2 aromatic carbocycles. The van der Waals surface area contributed by atoms with Crippen LogP contribution in [0, 0.1) is 6.92 Å². The van der Waals surface area contributed by atoms with Crippen molar-refractivity contribution in [2.24, 2.45) is 0 Å². The van der Waals surface area contributed by atoms with Crippen LogP contribution in [0.3, 0.4) is 0 Å². The monoisotopic (exact) mass is 348 g/mol. The maximum atomic E-state index is 11.9. The quantitative estimate of drug-likeness (QED) is 0.494. The predicted octanol–water partition coefficient (Wildman–Crippen LogP) is 3.50. The molecule has 0 atom stereocenters. The van der Waals surface area contributed by atoms with Crippen LogP contribution in [0.5, 0.6) is 0 Å². The number of halogens is 1. The van der Waals surface area contributed by atoms with E-state index in [0.717, 1.165) is 10.5 Å². The molecule has 2 rings (SSSR count). The Bertz CT molecular complexity index is 692. The number of thioether (sulfide) groups is 1. The normalized spacial score (nSPS) is 10.2. The van der Waals surface area contributed by atoms with Gasteiger partial charge in [-0.25, -0.2) is 0 Å². The molecule has 0 radical (unpaired) electrons. The van der Waals surface area contributed by atoms with Crippen LogP contribution in [0.25, 0.3) is 0 Å². The summed E-state index contributed by atoms with van der Waals surface area (Å²) in [5.41, 5.74) is 1.38. The number of carbonyl (C=O) groups is 2. The number of hydrogen-bond acceptors (Lipinski definition) is 3. The van der Waals surface area contributed by atoms with Gasteiger partial charge in [-0.3, -0.25) is 9.59 Å². The molecule has 6 heteroatoms. The van der Waals surface area contributed by atoms with Crippen molar-refractivity contribution in [1.29, 1.82) is 0 Å². The minimum absolute atomic E-state index is 0.422. The first kappa shape index (κ1) is 17.4. The summed E-state index contributed by atoms with van der Waals surface area (Å²) in [5, 5.41) is 5.77. The zero-order valence-corrected chi connectivity index (χ0v) is 14.2. The molecule has 0 bridgehead atoms. The standard InChI is InChI=1S/C17H17ClN2O2S/c1-12-11-13(18)7-8-15(12)20-17(22)16(21)19-9-10-23-14-5-3-2-4-6-14/h2-8,11H,9-10H2,1H3,(H,19,21)(H,20,22). The van der Waals surface area contributed by atoms with Crippen molar-refractivity contribution in [3.05, 3.63) is 59.1 Å². The van der Waals surface area contributed by atoms with Crippen molar-refractivity contribution in [3.63, 3.8) is 0 Å². The molecule has 0 spiro atoms. The van der Waals surface area contributed by atoms with E-state index in [1.54, 1.807) is 30.0 Å². The van der Waals surface area contributed by atoms with Crippen LogP contribution in [0.2, 0.25) is 5.02 Å². The minimum Gasteiger partial charge on any atom is -0.347 e. The van der Waals surface area contributed by atoms with Gasteiger partial charge in [0.1, 0.15) is 0 Å². The van der Waals surface area contributed by atoms with E-state index >= 15 is 0 Å². The van der Waals surface area contributed by atoms with Crippen LogP contribution in [0.4, 0.5) is 5.69 Å². The molecule has 2 aromatic rings. The lowest BCUT2D eigenvalue weighted by Gasteiger charge is -2.09. The smallest absolute Gasteiger partial charge is 0.313 e. The van der Waals surface area contributed by atoms with Gasteiger partial charge < -0.3 is 10.6 Å². The van der Waals surface area contributed by atoms with Crippen molar-refractivity contribution in [2.45, 2.75) is 11.8 Å². The molecule has 0 aliphatic rings. The third-order valence-corrected chi connectivity index (χ3v) is 4.29. The molecule has 23 heavy (non-hydrogen) atoms. The molecule has 0 saturated heterocycles. The van der Waals surface area contributed by atoms with Crippen LogP contribution in [0.15, 0.2) is 53.4 Å². The Labute approximate surface area is 144 Å². The first-order valence-electron chi connectivity index (χ1n) is 7.09. The van der Waals surface area contributed by atoms with E-state index < -0.39 is 11.8 Å². The summed E-state index contributed by atoms with van der Waals surface area (Å²) in [7, 11) is 0. The van der Waals surface area contributed by atoms with Crippen LogP contribution < -0.4 is 10.6 Å². The fourth-order valence-electron chi connectivity index (χ4n) is 1.88. The largest absolute Gasteiger partial charge is 0.347 e. The number of aryl methyl sites for hydroxylation is 1. The molecule has 0 heterocycles. The van der Waals surface area contributed by atoms with E-state index in [-0.39, 0.29) is 0 Å². The van der Waals surface area contributed by atoms with Gasteiger partial charge in [-0.05, 0) is 42.8 Å². The van der Waals surface area contributed by atoms with Crippen LogP contribution in [-0.4, -0.2) is 24.1 Å². The number of hydrogen-bond donors (Lipinski definition) is 2. The van der Waals surface area contributed by atoms with Gasteiger partial charge in [0.25, 0.3) is 0 Å². The Kier molecular flexibility index (Phi) is 6.50. The number of anilines is 1. The third-order valence-electron chi connectivity index (χ3n) is 3.04. The Hall–Kier alpha value is -1.98. The molecule has 4 nitrogen and oxygen atoms in total. The lowest BCUT2D eigenvalue weighted by atomic mass is 10.2. The van der Waals surface area contributed by atoms with E-state index in [1.165, 1.54) is 0 Å². The van der Waals surface area contributed by atoms with Gasteiger partial charge >= 0.3 is 11.8 Å². The lowest BCUT2D eigenvalue weighted by Crippen LogP contribution is -2.36. The second kappa shape index (κ2) is 8.60. The average Bonchev–Trinajstić information content (AvgIpc) is 2.55. The molecule has 2 N–H and O–H groups in total. The Balaban J connectivity index is 1.75. The topological polar surface area (TPSA) is 58.2 Å². The number of nitrogens with one attached hydrogen (secondary N) is 2. The van der Waals surface area contributed by atoms with Gasteiger partial charge in [0.05, 0.1) is 0 Å². The number of benzene rings is 2. The highest BCUT2D eigenvalue weighted by molar-refractivity contribution is 7.99. The summed E-state index contributed by atoms with van der Waals surface area (Å²) in [6.45, 7) is 2.24. The van der Waals surface area contributed by atoms with Gasteiger partial charge in [-0.2, -0.15) is 0 Å². The van der Waals surface area contributed by atoms with Gasteiger partial charge in [0.15, 0.2) is 0 Å². The molecular formula is C17H17ClN2O2S. The van der Waals surface area contributed by atoms with Gasteiger partial charge in [-0.15, -0.1) is 11.8 Å². The van der Waals surface area contributed by atoms with Crippen molar-refractivity contribution in [2.75, 3.05) is 17.6 Å². The van der Waals surface area contributed by atoms with Crippen molar-refractivity contribution >= 4 is 40.9 Å². The molecule has 0 fully saturated rings. The molecule has 0 aliphatic carbocycles. The Morgan fingerprint density at radius 1 is 1.09 bits per heavy atom. The average molecular weight is 349 g/mol. The summed E-state index contributed by atoms with van der Waals surface area (Å²) in [6, 6.07) is 14.9. The highest BCUT2D eigenvalue weighted by atomic mass is 35.5. The summed E-state index contributed by atoms with van der Waals surface area (Å²) >= 11 is 7.48. The van der Waals surface area contributed by atoms with E-state index in [2.05, 4.69) is 10.6 Å². The maximum Gasteiger partial charge on any atom is 0.313 e. The highest BCUT2D eigenvalue weighted by Gasteiger charge is 2.14. The molecule has 120 valence electrons. The zero-order chi connectivity index (χ0) is 16.7. The summed E-state index contributed by atoms with van der Waals surface area (Å²) in [6.07, 6.45) is 0. The van der Waals surface area contributed by atoms with Gasteiger partial charge in [-0.1, -0.05) is 29.8 Å². The Morgan fingerprint density at radius 2 is 1.83 bits per heavy atom. The molecule has 0 aliphatic heterocycles. The van der Waals surface area contributed by atoms with E-state index in [4.69, 9.17) is 11.6 Å². The molecule has 0 aromatic heterocycles.